The Morgan fingerprint density at radius 1 is 1.02 bits per heavy atom. The van der Waals surface area contributed by atoms with Crippen LogP contribution in [0.15, 0.2) is 73.1 Å². The van der Waals surface area contributed by atoms with E-state index in [9.17, 15) is 4.79 Å². The molecule has 0 bridgehead atoms. The molecule has 0 radical (unpaired) electrons. The molecule has 2 heterocycles. The smallest absolute Gasteiger partial charge is 0.321 e. The van der Waals surface area contributed by atoms with Crippen molar-refractivity contribution in [1.82, 2.24) is 19.9 Å². The number of amides is 1. The largest absolute Gasteiger partial charge is 0.424 e. The van der Waals surface area contributed by atoms with Crippen molar-refractivity contribution in [3.63, 3.8) is 0 Å². The summed E-state index contributed by atoms with van der Waals surface area (Å²) in [5, 5.41) is 14.3. The molecular weight excluding hydrogens is 514 g/mol. The molecule has 0 saturated heterocycles. The fourth-order valence-electron chi connectivity index (χ4n) is 5.83. The van der Waals surface area contributed by atoms with Crippen LogP contribution >= 0.6 is 0 Å². The van der Waals surface area contributed by atoms with Crippen molar-refractivity contribution < 1.29 is 9.53 Å². The fraction of sp³-hybridized carbons (Fsp3) is 0.250. The van der Waals surface area contributed by atoms with Gasteiger partial charge >= 0.3 is 6.01 Å². The molecule has 9 heteroatoms. The molecule has 6 rings (SSSR count). The van der Waals surface area contributed by atoms with Gasteiger partial charge in [0, 0.05) is 47.5 Å². The molecule has 3 aromatic carbocycles. The first kappa shape index (κ1) is 26.5. The molecule has 0 atom stereocenters. The number of rotatable bonds is 7. The highest BCUT2D eigenvalue weighted by Crippen LogP contribution is 2.32. The van der Waals surface area contributed by atoms with E-state index in [2.05, 4.69) is 21.4 Å². The zero-order valence-electron chi connectivity index (χ0n) is 22.9. The summed E-state index contributed by atoms with van der Waals surface area (Å²) in [5.74, 6) is 0.468. The van der Waals surface area contributed by atoms with Gasteiger partial charge in [-0.1, -0.05) is 36.4 Å². The Morgan fingerprint density at radius 3 is 2.54 bits per heavy atom. The van der Waals surface area contributed by atoms with Gasteiger partial charge in [0.2, 0.25) is 0 Å². The normalized spacial score (nSPS) is 17.0. The Balaban J connectivity index is 1.46. The Morgan fingerprint density at radius 2 is 1.78 bits per heavy atom. The number of nitrogens with zero attached hydrogens (tertiary/aromatic N) is 3. The SMILES string of the molecule is Cc1c(C(=O)NC2CCC(N)CC2)n(Cc2cc(Oc3ncccn3)cc3ccccc23)c2cc(C(=N)N)ccc12. The van der Waals surface area contributed by atoms with Crippen LogP contribution in [0, 0.1) is 12.3 Å². The number of nitrogens with two attached hydrogens (primary N) is 2. The number of aryl methyl sites for hydroxylation is 1. The minimum absolute atomic E-state index is 0.0226. The predicted molar refractivity (Wildman–Crippen MR) is 161 cm³/mol. The van der Waals surface area contributed by atoms with Gasteiger partial charge in [-0.2, -0.15) is 0 Å². The number of ether oxygens (including phenoxy) is 1. The van der Waals surface area contributed by atoms with E-state index in [4.69, 9.17) is 21.6 Å². The van der Waals surface area contributed by atoms with E-state index in [1.807, 2.05) is 60.0 Å². The Labute approximate surface area is 238 Å². The lowest BCUT2D eigenvalue weighted by atomic mass is 9.92. The third kappa shape index (κ3) is 5.36. The first-order valence-electron chi connectivity index (χ1n) is 13.9. The summed E-state index contributed by atoms with van der Waals surface area (Å²) in [6.07, 6.45) is 6.81. The standard InChI is InChI=1S/C32H33N7O2/c1-19-26-12-7-21(30(34)35)17-28(26)39(29(19)31(40)38-24-10-8-23(33)9-11-24)18-22-16-25(41-32-36-13-4-14-37-32)15-20-5-2-3-6-27(20)22/h2-7,12-17,23-24H,8-11,18,33H2,1H3,(H3,34,35)(H,38,40). The summed E-state index contributed by atoms with van der Waals surface area (Å²) >= 11 is 0. The quantitative estimate of drug-likeness (QED) is 0.166. The summed E-state index contributed by atoms with van der Waals surface area (Å²) < 4.78 is 8.06. The van der Waals surface area contributed by atoms with Crippen LogP contribution in [0.1, 0.15) is 52.9 Å². The highest BCUT2D eigenvalue weighted by Gasteiger charge is 2.26. The van der Waals surface area contributed by atoms with Crippen LogP contribution < -0.4 is 21.5 Å². The lowest BCUT2D eigenvalue weighted by Crippen LogP contribution is -2.41. The maximum atomic E-state index is 13.9. The predicted octanol–water partition coefficient (Wildman–Crippen LogP) is 5.02. The number of aromatic nitrogens is 3. The van der Waals surface area contributed by atoms with E-state index >= 15 is 0 Å². The molecule has 208 valence electrons. The van der Waals surface area contributed by atoms with Crippen molar-refractivity contribution in [2.75, 3.05) is 0 Å². The van der Waals surface area contributed by atoms with E-state index in [-0.39, 0.29) is 29.8 Å². The Hall–Kier alpha value is -4.76. The van der Waals surface area contributed by atoms with Gasteiger partial charge in [-0.3, -0.25) is 10.2 Å². The number of carbonyl (C=O) groups excluding carboxylic acids is 1. The number of nitrogen functional groups attached to an aromatic ring is 1. The van der Waals surface area contributed by atoms with Gasteiger partial charge in [0.1, 0.15) is 17.3 Å². The summed E-state index contributed by atoms with van der Waals surface area (Å²) in [6, 6.07) is 20.0. The second-order valence-corrected chi connectivity index (χ2v) is 10.7. The monoisotopic (exact) mass is 547 g/mol. The molecule has 1 fully saturated rings. The van der Waals surface area contributed by atoms with Crippen molar-refractivity contribution >= 4 is 33.4 Å². The van der Waals surface area contributed by atoms with Gasteiger partial charge in [0.05, 0.1) is 0 Å². The molecular formula is C32H33N7O2. The molecule has 0 spiro atoms. The summed E-state index contributed by atoms with van der Waals surface area (Å²) in [6.45, 7) is 2.37. The zero-order chi connectivity index (χ0) is 28.5. The van der Waals surface area contributed by atoms with Crippen LogP contribution in [-0.2, 0) is 6.54 Å². The van der Waals surface area contributed by atoms with Gasteiger partial charge in [-0.25, -0.2) is 9.97 Å². The van der Waals surface area contributed by atoms with Crippen LogP contribution in [0.2, 0.25) is 0 Å². The zero-order valence-corrected chi connectivity index (χ0v) is 22.9. The maximum absolute atomic E-state index is 13.9. The summed E-state index contributed by atoms with van der Waals surface area (Å²) in [4.78, 5) is 22.3. The van der Waals surface area contributed by atoms with Crippen LogP contribution in [0.4, 0.5) is 0 Å². The van der Waals surface area contributed by atoms with Crippen molar-refractivity contribution in [3.05, 3.63) is 95.4 Å². The number of hydrogen-bond donors (Lipinski definition) is 4. The van der Waals surface area contributed by atoms with Gasteiger partial charge in [-0.15, -0.1) is 0 Å². The van der Waals surface area contributed by atoms with Crippen molar-refractivity contribution in [2.24, 2.45) is 11.5 Å². The van der Waals surface area contributed by atoms with E-state index in [1.54, 1.807) is 18.5 Å². The van der Waals surface area contributed by atoms with E-state index in [0.717, 1.165) is 58.5 Å². The Kier molecular flexibility index (Phi) is 7.11. The molecule has 41 heavy (non-hydrogen) atoms. The lowest BCUT2D eigenvalue weighted by molar-refractivity contribution is 0.0916. The third-order valence-electron chi connectivity index (χ3n) is 7.95. The van der Waals surface area contributed by atoms with Crippen molar-refractivity contribution in [2.45, 2.75) is 51.2 Å². The second kappa shape index (κ2) is 11.0. The number of amidine groups is 1. The molecule has 0 aliphatic heterocycles. The average molecular weight is 548 g/mol. The minimum atomic E-state index is -0.113. The van der Waals surface area contributed by atoms with Gasteiger partial charge in [-0.05, 0) is 78.8 Å². The number of fused-ring (bicyclic) bond motifs is 2. The second-order valence-electron chi connectivity index (χ2n) is 10.7. The topological polar surface area (TPSA) is 145 Å². The molecule has 0 unspecified atom stereocenters. The van der Waals surface area contributed by atoms with Crippen LogP contribution in [-0.4, -0.2) is 38.4 Å². The number of carbonyl (C=O) groups is 1. The molecule has 1 aliphatic carbocycles. The first-order valence-corrected chi connectivity index (χ1v) is 13.9. The highest BCUT2D eigenvalue weighted by atomic mass is 16.5. The van der Waals surface area contributed by atoms with Crippen LogP contribution in [0.3, 0.4) is 0 Å². The average Bonchev–Trinajstić information content (AvgIpc) is 3.25. The number of nitrogens with one attached hydrogen (secondary N) is 2. The van der Waals surface area contributed by atoms with Crippen LogP contribution in [0.25, 0.3) is 21.7 Å². The number of hydrogen-bond acceptors (Lipinski definition) is 6. The first-order chi connectivity index (χ1) is 19.9. The van der Waals surface area contributed by atoms with Crippen molar-refractivity contribution in [1.29, 1.82) is 5.41 Å². The van der Waals surface area contributed by atoms with Crippen LogP contribution in [0.5, 0.6) is 11.8 Å². The van der Waals surface area contributed by atoms with E-state index in [0.29, 0.717) is 23.6 Å². The summed E-state index contributed by atoms with van der Waals surface area (Å²) in [5.41, 5.74) is 15.9. The third-order valence-corrected chi connectivity index (χ3v) is 7.95. The molecule has 6 N–H and O–H groups in total. The highest BCUT2D eigenvalue weighted by molar-refractivity contribution is 6.04. The molecule has 1 amide bonds. The van der Waals surface area contributed by atoms with Crippen molar-refractivity contribution in [3.8, 4) is 11.8 Å². The molecule has 2 aromatic heterocycles. The van der Waals surface area contributed by atoms with Gasteiger partial charge < -0.3 is 26.1 Å². The van der Waals surface area contributed by atoms with Gasteiger partial charge in [0.25, 0.3) is 5.91 Å². The lowest BCUT2D eigenvalue weighted by Gasteiger charge is -2.27. The summed E-state index contributed by atoms with van der Waals surface area (Å²) in [7, 11) is 0. The van der Waals surface area contributed by atoms with Gasteiger partial charge in [0.15, 0.2) is 0 Å². The molecule has 5 aromatic rings. The number of benzene rings is 3. The van der Waals surface area contributed by atoms with E-state index < -0.39 is 0 Å². The maximum Gasteiger partial charge on any atom is 0.321 e. The molecule has 1 saturated carbocycles. The van der Waals surface area contributed by atoms with E-state index in [1.165, 1.54) is 0 Å². The fourth-order valence-corrected chi connectivity index (χ4v) is 5.83. The molecule has 9 nitrogen and oxygen atoms in total. The molecule has 1 aliphatic rings. The minimum Gasteiger partial charge on any atom is -0.424 e. The Bertz CT molecular complexity index is 1760.